The second kappa shape index (κ2) is 10.0. The van der Waals surface area contributed by atoms with Gasteiger partial charge in [0.2, 0.25) is 11.8 Å². The van der Waals surface area contributed by atoms with Crippen LogP contribution in [0.3, 0.4) is 0 Å². The van der Waals surface area contributed by atoms with E-state index in [-0.39, 0.29) is 17.6 Å². The van der Waals surface area contributed by atoms with Crippen molar-refractivity contribution >= 4 is 11.8 Å². The average Bonchev–Trinajstić information content (AvgIpc) is 2.62. The molecule has 6 nitrogen and oxygen atoms in total. The third-order valence-electron chi connectivity index (χ3n) is 4.35. The van der Waals surface area contributed by atoms with Gasteiger partial charge < -0.3 is 10.6 Å². The first-order valence-electron chi connectivity index (χ1n) is 8.82. The smallest absolute Gasteiger partial charge is 0.234 e. The van der Waals surface area contributed by atoms with Crippen molar-refractivity contribution in [2.45, 2.75) is 13.5 Å². The van der Waals surface area contributed by atoms with Crippen LogP contribution in [-0.2, 0) is 16.1 Å². The lowest BCUT2D eigenvalue weighted by atomic mass is 10.1. The SMILES string of the molecule is C=CCNC(=O)CN1CCN(CC(=O)NCc2ccc(F)c(C)c2)CC1. The largest absolute Gasteiger partial charge is 0.352 e. The number of amides is 2. The van der Waals surface area contributed by atoms with E-state index in [4.69, 9.17) is 0 Å². The predicted octanol–water partition coefficient (Wildman–Crippen LogP) is 0.670. The summed E-state index contributed by atoms with van der Waals surface area (Å²) >= 11 is 0. The van der Waals surface area contributed by atoms with Crippen LogP contribution in [0.5, 0.6) is 0 Å². The summed E-state index contributed by atoms with van der Waals surface area (Å²) in [7, 11) is 0. The Labute approximate surface area is 154 Å². The van der Waals surface area contributed by atoms with Crippen molar-refractivity contribution in [3.8, 4) is 0 Å². The fourth-order valence-electron chi connectivity index (χ4n) is 2.83. The molecule has 26 heavy (non-hydrogen) atoms. The minimum Gasteiger partial charge on any atom is -0.352 e. The lowest BCUT2D eigenvalue weighted by Gasteiger charge is -2.33. The van der Waals surface area contributed by atoms with Crippen molar-refractivity contribution in [3.63, 3.8) is 0 Å². The van der Waals surface area contributed by atoms with Gasteiger partial charge in [0.15, 0.2) is 0 Å². The Balaban J connectivity index is 1.66. The monoisotopic (exact) mass is 362 g/mol. The number of carbonyl (C=O) groups excluding carboxylic acids is 2. The molecule has 7 heteroatoms. The molecular weight excluding hydrogens is 335 g/mol. The number of hydrogen-bond acceptors (Lipinski definition) is 4. The molecule has 0 spiro atoms. The zero-order valence-corrected chi connectivity index (χ0v) is 15.3. The van der Waals surface area contributed by atoms with E-state index in [1.807, 2.05) is 0 Å². The molecule has 1 aromatic rings. The summed E-state index contributed by atoms with van der Waals surface area (Å²) in [6.45, 7) is 9.86. The Kier molecular flexibility index (Phi) is 7.74. The second-order valence-corrected chi connectivity index (χ2v) is 6.51. The molecule has 1 aromatic carbocycles. The summed E-state index contributed by atoms with van der Waals surface area (Å²) in [5.74, 6) is -0.300. The Bertz CT molecular complexity index is 642. The topological polar surface area (TPSA) is 64.7 Å². The van der Waals surface area contributed by atoms with Gasteiger partial charge in [-0.2, -0.15) is 0 Å². The summed E-state index contributed by atoms with van der Waals surface area (Å²) in [6.07, 6.45) is 1.65. The molecule has 2 rings (SSSR count). The molecule has 142 valence electrons. The highest BCUT2D eigenvalue weighted by molar-refractivity contribution is 5.78. The molecular formula is C19H27FN4O2. The normalized spacial score (nSPS) is 15.5. The fraction of sp³-hybridized carbons (Fsp3) is 0.474. The number of aryl methyl sites for hydroxylation is 1. The first-order valence-corrected chi connectivity index (χ1v) is 8.82. The summed E-state index contributed by atoms with van der Waals surface area (Å²) in [5.41, 5.74) is 1.46. The van der Waals surface area contributed by atoms with E-state index in [2.05, 4.69) is 27.0 Å². The van der Waals surface area contributed by atoms with Crippen LogP contribution < -0.4 is 10.6 Å². The summed E-state index contributed by atoms with van der Waals surface area (Å²) in [5, 5.41) is 5.63. The van der Waals surface area contributed by atoms with Gasteiger partial charge in [-0.1, -0.05) is 18.2 Å². The number of rotatable bonds is 8. The van der Waals surface area contributed by atoms with E-state index in [0.717, 1.165) is 31.7 Å². The molecule has 0 atom stereocenters. The molecule has 0 radical (unpaired) electrons. The molecule has 2 amide bonds. The minimum atomic E-state index is -0.240. The lowest BCUT2D eigenvalue weighted by molar-refractivity contribution is -0.125. The molecule has 0 aliphatic carbocycles. The average molecular weight is 362 g/mol. The van der Waals surface area contributed by atoms with Crippen LogP contribution in [-0.4, -0.2) is 67.4 Å². The second-order valence-electron chi connectivity index (χ2n) is 6.51. The number of carbonyl (C=O) groups is 2. The van der Waals surface area contributed by atoms with Crippen LogP contribution >= 0.6 is 0 Å². The highest BCUT2D eigenvalue weighted by atomic mass is 19.1. The number of piperazine rings is 1. The highest BCUT2D eigenvalue weighted by Crippen LogP contribution is 2.09. The van der Waals surface area contributed by atoms with Crippen LogP contribution in [0, 0.1) is 12.7 Å². The number of nitrogens with one attached hydrogen (secondary N) is 2. The molecule has 0 unspecified atom stereocenters. The molecule has 1 aliphatic rings. The van der Waals surface area contributed by atoms with Crippen LogP contribution in [0.4, 0.5) is 4.39 Å². The summed E-state index contributed by atoms with van der Waals surface area (Å²) < 4.78 is 13.3. The van der Waals surface area contributed by atoms with Gasteiger partial charge in [0.1, 0.15) is 5.82 Å². The third kappa shape index (κ3) is 6.57. The van der Waals surface area contributed by atoms with Crippen molar-refractivity contribution in [3.05, 3.63) is 47.8 Å². The molecule has 1 fully saturated rings. The molecule has 1 heterocycles. The highest BCUT2D eigenvalue weighted by Gasteiger charge is 2.20. The molecule has 1 saturated heterocycles. The third-order valence-corrected chi connectivity index (χ3v) is 4.35. The maximum Gasteiger partial charge on any atom is 0.234 e. The zero-order valence-electron chi connectivity index (χ0n) is 15.3. The van der Waals surface area contributed by atoms with E-state index in [1.165, 1.54) is 6.07 Å². The van der Waals surface area contributed by atoms with Crippen molar-refractivity contribution < 1.29 is 14.0 Å². The number of nitrogens with zero attached hydrogens (tertiary/aromatic N) is 2. The van der Waals surface area contributed by atoms with Crippen LogP contribution in [0.2, 0.25) is 0 Å². The van der Waals surface area contributed by atoms with Crippen molar-refractivity contribution in [1.29, 1.82) is 0 Å². The summed E-state index contributed by atoms with van der Waals surface area (Å²) in [6, 6.07) is 4.84. The quantitative estimate of drug-likeness (QED) is 0.667. The first kappa shape index (κ1) is 20.1. The van der Waals surface area contributed by atoms with Crippen LogP contribution in [0.1, 0.15) is 11.1 Å². The van der Waals surface area contributed by atoms with Gasteiger partial charge in [-0.3, -0.25) is 19.4 Å². The predicted molar refractivity (Wildman–Crippen MR) is 99.1 cm³/mol. The standard InChI is InChI=1S/C19H27FN4O2/c1-3-6-21-18(25)13-23-7-9-24(10-8-23)14-19(26)22-12-16-4-5-17(20)15(2)11-16/h3-5,11H,1,6-10,12-14H2,2H3,(H,21,25)(H,22,26). The van der Waals surface area contributed by atoms with Gasteiger partial charge in [-0.25, -0.2) is 4.39 Å². The lowest BCUT2D eigenvalue weighted by Crippen LogP contribution is -2.51. The maximum atomic E-state index is 13.3. The van der Waals surface area contributed by atoms with E-state index in [1.54, 1.807) is 25.1 Å². The van der Waals surface area contributed by atoms with Gasteiger partial charge in [-0.05, 0) is 24.1 Å². The van der Waals surface area contributed by atoms with Crippen LogP contribution in [0.25, 0.3) is 0 Å². The molecule has 0 aromatic heterocycles. The van der Waals surface area contributed by atoms with Crippen molar-refractivity contribution in [1.82, 2.24) is 20.4 Å². The number of halogens is 1. The van der Waals surface area contributed by atoms with Crippen molar-refractivity contribution in [2.24, 2.45) is 0 Å². The minimum absolute atomic E-state index is 0.00863. The van der Waals surface area contributed by atoms with Gasteiger partial charge >= 0.3 is 0 Å². The number of benzene rings is 1. The van der Waals surface area contributed by atoms with Crippen molar-refractivity contribution in [2.75, 3.05) is 45.8 Å². The van der Waals surface area contributed by atoms with Gasteiger partial charge in [0, 0.05) is 39.3 Å². The molecule has 1 aliphatic heterocycles. The van der Waals surface area contributed by atoms with Gasteiger partial charge in [0.25, 0.3) is 0 Å². The number of hydrogen-bond donors (Lipinski definition) is 2. The van der Waals surface area contributed by atoms with E-state index in [9.17, 15) is 14.0 Å². The van der Waals surface area contributed by atoms with E-state index < -0.39 is 0 Å². The fourth-order valence-corrected chi connectivity index (χ4v) is 2.83. The molecule has 2 N–H and O–H groups in total. The Morgan fingerprint density at radius 3 is 2.23 bits per heavy atom. The Morgan fingerprint density at radius 1 is 1.12 bits per heavy atom. The van der Waals surface area contributed by atoms with Gasteiger partial charge in [0.05, 0.1) is 13.1 Å². The van der Waals surface area contributed by atoms with Gasteiger partial charge in [-0.15, -0.1) is 6.58 Å². The van der Waals surface area contributed by atoms with E-state index >= 15 is 0 Å². The molecule has 0 saturated carbocycles. The van der Waals surface area contributed by atoms with E-state index in [0.29, 0.717) is 31.7 Å². The Morgan fingerprint density at radius 2 is 1.69 bits per heavy atom. The Hall–Kier alpha value is -2.25. The maximum absolute atomic E-state index is 13.3. The molecule has 0 bridgehead atoms. The first-order chi connectivity index (χ1) is 12.5. The van der Waals surface area contributed by atoms with Crippen LogP contribution in [0.15, 0.2) is 30.9 Å². The zero-order chi connectivity index (χ0) is 18.9. The summed E-state index contributed by atoms with van der Waals surface area (Å²) in [4.78, 5) is 27.9.